The zero-order valence-electron chi connectivity index (χ0n) is 15.2. The number of nitrogens with zero attached hydrogens (tertiary/aromatic N) is 4. The molecule has 2 aromatic carbocycles. The third-order valence-corrected chi connectivity index (χ3v) is 5.43. The van der Waals surface area contributed by atoms with Crippen LogP contribution in [0.3, 0.4) is 0 Å². The molecular weight excluding hydrogens is 376 g/mol. The van der Waals surface area contributed by atoms with Crippen LogP contribution < -0.4 is 0 Å². The van der Waals surface area contributed by atoms with Gasteiger partial charge in [-0.2, -0.15) is 4.98 Å². The molecule has 0 spiro atoms. The Hall–Kier alpha value is -2.70. The molecule has 142 valence electrons. The minimum absolute atomic E-state index is 0.535. The summed E-state index contributed by atoms with van der Waals surface area (Å²) in [6.07, 6.45) is 4.74. The van der Waals surface area contributed by atoms with E-state index in [9.17, 15) is 0 Å². The van der Waals surface area contributed by atoms with Crippen molar-refractivity contribution in [2.75, 3.05) is 13.2 Å². The summed E-state index contributed by atoms with van der Waals surface area (Å²) in [6, 6.07) is 13.6. The summed E-state index contributed by atoms with van der Waals surface area (Å²) in [4.78, 5) is 9.10. The summed E-state index contributed by atoms with van der Waals surface area (Å²) in [7, 11) is 0. The van der Waals surface area contributed by atoms with Crippen molar-refractivity contribution in [1.29, 1.82) is 0 Å². The fraction of sp³-hybridized carbons (Fsp3) is 0.286. The third-order valence-electron chi connectivity index (χ3n) is 5.18. The number of benzene rings is 2. The first-order valence-corrected chi connectivity index (χ1v) is 9.78. The fourth-order valence-corrected chi connectivity index (χ4v) is 3.74. The zero-order valence-corrected chi connectivity index (χ0v) is 16.0. The Labute approximate surface area is 167 Å². The second-order valence-electron chi connectivity index (χ2n) is 7.07. The van der Waals surface area contributed by atoms with Crippen molar-refractivity contribution >= 4 is 22.6 Å². The number of fused-ring (bicyclic) bond motifs is 1. The standard InChI is InChI=1S/C21H19ClN4O2/c22-16-2-4-17(5-3-16)26-13-23-18-6-1-15(12-19(18)26)21-24-20(25-28-21)11-14-7-9-27-10-8-14/h1-6,12-14H,7-11H2. The Balaban J connectivity index is 1.45. The van der Waals surface area contributed by atoms with Gasteiger partial charge in [-0.05, 0) is 61.2 Å². The number of hydrogen-bond acceptors (Lipinski definition) is 5. The normalized spacial score (nSPS) is 15.3. The lowest BCUT2D eigenvalue weighted by Gasteiger charge is -2.20. The summed E-state index contributed by atoms with van der Waals surface area (Å²) in [6.45, 7) is 1.64. The van der Waals surface area contributed by atoms with Crippen LogP contribution in [0.2, 0.25) is 5.02 Å². The van der Waals surface area contributed by atoms with Gasteiger partial charge in [-0.15, -0.1) is 0 Å². The van der Waals surface area contributed by atoms with E-state index in [4.69, 9.17) is 20.9 Å². The lowest BCUT2D eigenvalue weighted by atomic mass is 9.96. The molecule has 3 heterocycles. The minimum Gasteiger partial charge on any atom is -0.381 e. The fourth-order valence-electron chi connectivity index (χ4n) is 3.61. The van der Waals surface area contributed by atoms with E-state index in [2.05, 4.69) is 15.1 Å². The monoisotopic (exact) mass is 394 g/mol. The molecule has 1 aliphatic heterocycles. The average molecular weight is 395 g/mol. The second kappa shape index (κ2) is 7.37. The van der Waals surface area contributed by atoms with E-state index in [0.717, 1.165) is 60.6 Å². The second-order valence-corrected chi connectivity index (χ2v) is 7.51. The van der Waals surface area contributed by atoms with Gasteiger partial charge in [-0.1, -0.05) is 16.8 Å². The van der Waals surface area contributed by atoms with Crippen LogP contribution in [0.5, 0.6) is 0 Å². The first-order valence-electron chi connectivity index (χ1n) is 9.40. The van der Waals surface area contributed by atoms with Gasteiger partial charge in [-0.25, -0.2) is 4.98 Å². The maximum absolute atomic E-state index is 6.01. The van der Waals surface area contributed by atoms with E-state index in [0.29, 0.717) is 16.8 Å². The van der Waals surface area contributed by atoms with Gasteiger partial charge in [0.15, 0.2) is 5.82 Å². The molecule has 1 aliphatic rings. The van der Waals surface area contributed by atoms with Crippen LogP contribution >= 0.6 is 11.6 Å². The molecule has 28 heavy (non-hydrogen) atoms. The van der Waals surface area contributed by atoms with Gasteiger partial charge in [-0.3, -0.25) is 4.57 Å². The van der Waals surface area contributed by atoms with Crippen LogP contribution in [0.15, 0.2) is 53.3 Å². The van der Waals surface area contributed by atoms with Crippen LogP contribution in [-0.4, -0.2) is 32.9 Å². The topological polar surface area (TPSA) is 66.0 Å². The number of hydrogen-bond donors (Lipinski definition) is 0. The number of halogens is 1. The molecule has 4 aromatic rings. The lowest BCUT2D eigenvalue weighted by molar-refractivity contribution is 0.0658. The van der Waals surface area contributed by atoms with Crippen LogP contribution in [-0.2, 0) is 11.2 Å². The van der Waals surface area contributed by atoms with Gasteiger partial charge in [0, 0.05) is 35.9 Å². The SMILES string of the molecule is Clc1ccc(-n2cnc3ccc(-c4nc(CC5CCOCC5)no4)cc32)cc1. The molecule has 6 nitrogen and oxygen atoms in total. The third kappa shape index (κ3) is 3.41. The molecule has 5 rings (SSSR count). The van der Waals surface area contributed by atoms with E-state index >= 15 is 0 Å². The summed E-state index contributed by atoms with van der Waals surface area (Å²) < 4.78 is 13.0. The predicted molar refractivity (Wildman–Crippen MR) is 107 cm³/mol. The predicted octanol–water partition coefficient (Wildman–Crippen LogP) is 4.70. The van der Waals surface area contributed by atoms with Crippen LogP contribution in [0.1, 0.15) is 18.7 Å². The van der Waals surface area contributed by atoms with Crippen molar-refractivity contribution in [2.24, 2.45) is 5.92 Å². The van der Waals surface area contributed by atoms with E-state index in [1.54, 1.807) is 0 Å². The average Bonchev–Trinajstić information content (AvgIpc) is 3.36. The highest BCUT2D eigenvalue weighted by atomic mass is 35.5. The Morgan fingerprint density at radius 2 is 1.89 bits per heavy atom. The summed E-state index contributed by atoms with van der Waals surface area (Å²) >= 11 is 6.01. The summed E-state index contributed by atoms with van der Waals surface area (Å²) in [5.74, 6) is 1.86. The molecule has 0 saturated carbocycles. The summed E-state index contributed by atoms with van der Waals surface area (Å²) in [5.41, 5.74) is 3.76. The van der Waals surface area contributed by atoms with Crippen molar-refractivity contribution in [3.05, 3.63) is 59.6 Å². The quantitative estimate of drug-likeness (QED) is 0.502. The highest BCUT2D eigenvalue weighted by Gasteiger charge is 2.18. The summed E-state index contributed by atoms with van der Waals surface area (Å²) in [5, 5.41) is 4.89. The molecule has 2 aromatic heterocycles. The molecule has 1 fully saturated rings. The zero-order chi connectivity index (χ0) is 18.9. The van der Waals surface area contributed by atoms with Crippen molar-refractivity contribution in [1.82, 2.24) is 19.7 Å². The number of ether oxygens (including phenoxy) is 1. The van der Waals surface area contributed by atoms with Gasteiger partial charge in [0.1, 0.15) is 6.33 Å². The van der Waals surface area contributed by atoms with Crippen molar-refractivity contribution in [2.45, 2.75) is 19.3 Å². The molecule has 0 unspecified atom stereocenters. The van der Waals surface area contributed by atoms with Crippen LogP contribution in [0, 0.1) is 5.92 Å². The maximum Gasteiger partial charge on any atom is 0.257 e. The molecule has 0 N–H and O–H groups in total. The highest BCUT2D eigenvalue weighted by Crippen LogP contribution is 2.26. The molecule has 1 saturated heterocycles. The Kier molecular flexibility index (Phi) is 4.58. The van der Waals surface area contributed by atoms with Crippen LogP contribution in [0.4, 0.5) is 0 Å². The maximum atomic E-state index is 6.01. The minimum atomic E-state index is 0.535. The Bertz CT molecular complexity index is 1100. The smallest absolute Gasteiger partial charge is 0.257 e. The van der Waals surface area contributed by atoms with Crippen molar-refractivity contribution < 1.29 is 9.26 Å². The Morgan fingerprint density at radius 1 is 1.07 bits per heavy atom. The molecule has 0 amide bonds. The van der Waals surface area contributed by atoms with E-state index in [1.807, 2.05) is 53.4 Å². The number of rotatable bonds is 4. The largest absolute Gasteiger partial charge is 0.381 e. The van der Waals surface area contributed by atoms with E-state index in [-0.39, 0.29) is 0 Å². The van der Waals surface area contributed by atoms with E-state index < -0.39 is 0 Å². The van der Waals surface area contributed by atoms with Crippen LogP contribution in [0.25, 0.3) is 28.2 Å². The van der Waals surface area contributed by atoms with Gasteiger partial charge < -0.3 is 9.26 Å². The molecule has 0 aliphatic carbocycles. The molecular formula is C21H19ClN4O2. The molecule has 7 heteroatoms. The van der Waals surface area contributed by atoms with Gasteiger partial charge in [0.2, 0.25) is 0 Å². The van der Waals surface area contributed by atoms with Gasteiger partial charge in [0.05, 0.1) is 11.0 Å². The number of imidazole rings is 1. The Morgan fingerprint density at radius 3 is 2.71 bits per heavy atom. The molecule has 0 bridgehead atoms. The molecule has 0 atom stereocenters. The number of aromatic nitrogens is 4. The first-order chi connectivity index (χ1) is 13.8. The first kappa shape index (κ1) is 17.4. The molecule has 0 radical (unpaired) electrons. The van der Waals surface area contributed by atoms with Gasteiger partial charge >= 0.3 is 0 Å². The highest BCUT2D eigenvalue weighted by molar-refractivity contribution is 6.30. The van der Waals surface area contributed by atoms with Crippen molar-refractivity contribution in [3.8, 4) is 17.1 Å². The van der Waals surface area contributed by atoms with Crippen molar-refractivity contribution in [3.63, 3.8) is 0 Å². The van der Waals surface area contributed by atoms with E-state index in [1.165, 1.54) is 0 Å². The van der Waals surface area contributed by atoms with Gasteiger partial charge in [0.25, 0.3) is 5.89 Å². The lowest BCUT2D eigenvalue weighted by Crippen LogP contribution is -2.18.